The number of azide groups is 1. The van der Waals surface area contributed by atoms with Crippen LogP contribution in [0.3, 0.4) is 0 Å². The molecule has 0 aromatic heterocycles. The van der Waals surface area contributed by atoms with Gasteiger partial charge in [0.25, 0.3) is 0 Å². The molecule has 1 aliphatic rings. The van der Waals surface area contributed by atoms with Crippen molar-refractivity contribution in [2.45, 2.75) is 30.1 Å². The molecule has 1 heterocycles. The third kappa shape index (κ3) is 4.17. The molecule has 0 unspecified atom stereocenters. The van der Waals surface area contributed by atoms with Crippen LogP contribution in [0.4, 0.5) is 0 Å². The van der Waals surface area contributed by atoms with Gasteiger partial charge in [0, 0.05) is 38.9 Å². The fraction of sp³-hybridized carbons (Fsp3) is 0.556. The van der Waals surface area contributed by atoms with Gasteiger partial charge in [0.15, 0.2) is 0 Å². The summed E-state index contributed by atoms with van der Waals surface area (Å²) < 4.78 is 28.0. The minimum Gasteiger partial charge on any atom is -0.382 e. The molecule has 1 fully saturated rings. The number of rotatable bonds is 6. The molecule has 8 heteroatoms. The van der Waals surface area contributed by atoms with Crippen LogP contribution in [0.15, 0.2) is 35.4 Å². The van der Waals surface area contributed by atoms with E-state index in [0.29, 0.717) is 0 Å². The van der Waals surface area contributed by atoms with Gasteiger partial charge in [-0.05, 0) is 22.8 Å². The maximum absolute atomic E-state index is 9.14. The van der Waals surface area contributed by atoms with Crippen LogP contribution in [-0.2, 0) is 23.7 Å². The van der Waals surface area contributed by atoms with E-state index in [1.807, 2.05) is 30.3 Å². The highest BCUT2D eigenvalue weighted by atomic mass is 16.6. The number of hydrogen-bond donors (Lipinski definition) is 0. The van der Waals surface area contributed by atoms with Crippen molar-refractivity contribution in [3.05, 3.63) is 46.3 Å². The first-order valence-electron chi connectivity index (χ1n) is 8.05. The van der Waals surface area contributed by atoms with E-state index in [9.17, 15) is 0 Å². The van der Waals surface area contributed by atoms with Crippen LogP contribution in [0, 0.1) is 11.8 Å². The zero-order valence-electron chi connectivity index (χ0n) is 15.3. The predicted molar refractivity (Wildman–Crippen MR) is 94.3 cm³/mol. The van der Waals surface area contributed by atoms with E-state index >= 15 is 0 Å². The van der Waals surface area contributed by atoms with Gasteiger partial charge in [-0.2, -0.15) is 0 Å². The van der Waals surface area contributed by atoms with E-state index in [1.54, 1.807) is 14.2 Å². The Labute approximate surface area is 153 Å². The first kappa shape index (κ1) is 20.2. The van der Waals surface area contributed by atoms with Gasteiger partial charge < -0.3 is 23.7 Å². The summed E-state index contributed by atoms with van der Waals surface area (Å²) in [6, 6.07) is 9.32. The largest absolute Gasteiger partial charge is 0.382 e. The predicted octanol–water partition coefficient (Wildman–Crippen LogP) is 2.13. The number of methoxy groups -OCH3 is 4. The van der Waals surface area contributed by atoms with Gasteiger partial charge >= 0.3 is 0 Å². The highest BCUT2D eigenvalue weighted by Gasteiger charge is 2.55. The van der Waals surface area contributed by atoms with Crippen LogP contribution in [-0.4, -0.2) is 65.2 Å². The second kappa shape index (κ2) is 9.55. The Morgan fingerprint density at radius 3 is 2.35 bits per heavy atom. The molecule has 8 nitrogen and oxygen atoms in total. The van der Waals surface area contributed by atoms with Crippen molar-refractivity contribution in [3.63, 3.8) is 0 Å². The van der Waals surface area contributed by atoms with E-state index in [0.717, 1.165) is 5.56 Å². The lowest BCUT2D eigenvalue weighted by Gasteiger charge is -2.47. The fourth-order valence-electron chi connectivity index (χ4n) is 3.06. The molecule has 1 aromatic rings. The van der Waals surface area contributed by atoms with Crippen molar-refractivity contribution in [1.82, 2.24) is 0 Å². The topological polar surface area (TPSA) is 94.9 Å². The molecule has 1 aliphatic heterocycles. The summed E-state index contributed by atoms with van der Waals surface area (Å²) in [5, 5.41) is 3.85. The number of benzene rings is 1. The van der Waals surface area contributed by atoms with Gasteiger partial charge in [-0.3, -0.25) is 0 Å². The molecule has 2 rings (SSSR count). The molecule has 0 aliphatic carbocycles. The normalized spacial score (nSPS) is 30.8. The third-order valence-corrected chi connectivity index (χ3v) is 4.19. The van der Waals surface area contributed by atoms with Gasteiger partial charge in [0.2, 0.25) is 5.72 Å². The van der Waals surface area contributed by atoms with Crippen molar-refractivity contribution in [2.75, 3.05) is 35.0 Å². The van der Waals surface area contributed by atoms with Crippen LogP contribution in [0.2, 0.25) is 0 Å². The monoisotopic (exact) mass is 361 g/mol. The molecule has 1 aromatic carbocycles. The molecular weight excluding hydrogens is 338 g/mol. The number of hydrogen-bond acceptors (Lipinski definition) is 6. The molecule has 140 valence electrons. The molecule has 0 radical (unpaired) electrons. The zero-order chi connectivity index (χ0) is 19.0. The maximum atomic E-state index is 9.14. The third-order valence-electron chi connectivity index (χ3n) is 4.19. The number of nitrogens with zero attached hydrogens (tertiary/aromatic N) is 3. The van der Waals surface area contributed by atoms with Crippen LogP contribution >= 0.6 is 0 Å². The van der Waals surface area contributed by atoms with Crippen LogP contribution in [0.25, 0.3) is 10.4 Å². The quantitative estimate of drug-likeness (QED) is 0.335. The van der Waals surface area contributed by atoms with Crippen molar-refractivity contribution in [3.8, 4) is 11.8 Å². The lowest BCUT2D eigenvalue weighted by atomic mass is 9.90. The van der Waals surface area contributed by atoms with Crippen LogP contribution < -0.4 is 0 Å². The Balaban J connectivity index is 2.53. The molecule has 0 spiro atoms. The van der Waals surface area contributed by atoms with Gasteiger partial charge in [-0.1, -0.05) is 30.0 Å². The average molecular weight is 361 g/mol. The molecular formula is C18H23N3O5. The van der Waals surface area contributed by atoms with Crippen LogP contribution in [0.5, 0.6) is 0 Å². The second-order valence-electron chi connectivity index (χ2n) is 5.67. The first-order valence-corrected chi connectivity index (χ1v) is 8.05. The van der Waals surface area contributed by atoms with Gasteiger partial charge in [0.1, 0.15) is 24.4 Å². The minimum atomic E-state index is -1.59. The Bertz CT molecular complexity index is 683. The van der Waals surface area contributed by atoms with E-state index in [1.165, 1.54) is 14.2 Å². The summed E-state index contributed by atoms with van der Waals surface area (Å²) in [6.45, 7) is 0.213. The highest BCUT2D eigenvalue weighted by molar-refractivity contribution is 5.37. The van der Waals surface area contributed by atoms with Crippen molar-refractivity contribution >= 4 is 0 Å². The summed E-state index contributed by atoms with van der Waals surface area (Å²) in [5.41, 5.74) is 8.31. The van der Waals surface area contributed by atoms with Crippen molar-refractivity contribution < 1.29 is 23.7 Å². The molecule has 26 heavy (non-hydrogen) atoms. The van der Waals surface area contributed by atoms with Crippen molar-refractivity contribution in [2.24, 2.45) is 5.11 Å². The Hall–Kier alpha value is -2.11. The van der Waals surface area contributed by atoms with Crippen LogP contribution in [0.1, 0.15) is 5.56 Å². The maximum Gasteiger partial charge on any atom is 0.237 e. The summed E-state index contributed by atoms with van der Waals surface area (Å²) in [6.07, 6.45) is -2.41. The smallest absolute Gasteiger partial charge is 0.237 e. The van der Waals surface area contributed by atoms with E-state index in [-0.39, 0.29) is 6.61 Å². The van der Waals surface area contributed by atoms with Gasteiger partial charge in [-0.15, -0.1) is 0 Å². The van der Waals surface area contributed by atoms with E-state index in [4.69, 9.17) is 29.2 Å². The fourth-order valence-corrected chi connectivity index (χ4v) is 3.06. The Morgan fingerprint density at radius 1 is 1.12 bits per heavy atom. The summed E-state index contributed by atoms with van der Waals surface area (Å²) in [5.74, 6) is 5.93. The second-order valence-corrected chi connectivity index (χ2v) is 5.67. The molecule has 0 N–H and O–H groups in total. The first-order chi connectivity index (χ1) is 12.7. The summed E-state index contributed by atoms with van der Waals surface area (Å²) in [4.78, 5) is 2.94. The van der Waals surface area contributed by atoms with E-state index in [2.05, 4.69) is 21.9 Å². The zero-order valence-corrected chi connectivity index (χ0v) is 15.3. The molecule has 0 saturated carbocycles. The molecule has 0 amide bonds. The molecule has 1 saturated heterocycles. The lowest BCUT2D eigenvalue weighted by Crippen LogP contribution is -2.65. The highest BCUT2D eigenvalue weighted by Crippen LogP contribution is 2.35. The lowest BCUT2D eigenvalue weighted by molar-refractivity contribution is -0.270. The van der Waals surface area contributed by atoms with Gasteiger partial charge in [-0.25, -0.2) is 0 Å². The number of ether oxygens (including phenoxy) is 5. The van der Waals surface area contributed by atoms with Gasteiger partial charge in [0.05, 0.1) is 6.61 Å². The standard InChI is InChI=1S/C18H23N3O5/c1-22-12-14-15(23-2)16(24-3)17(25-4)18(26-14,20-21-19)11-10-13-8-6-5-7-9-13/h5-9,14-17H,12H2,1-4H3/t14-,15-,16+,17-,18+/m1/s1. The minimum absolute atomic E-state index is 0.213. The summed E-state index contributed by atoms with van der Waals surface area (Å²) in [7, 11) is 6.11. The molecule has 0 bridgehead atoms. The SMILES string of the molecule is COC[C@H]1O[C@](C#Cc2ccccc2)(N=[N+]=[N-])[C@H](OC)[C@@H](OC)[C@@H]1OC. The molecule has 5 atom stereocenters. The summed E-state index contributed by atoms with van der Waals surface area (Å²) >= 11 is 0. The van der Waals surface area contributed by atoms with E-state index < -0.39 is 30.1 Å². The average Bonchev–Trinajstić information content (AvgIpc) is 2.67. The Kier molecular flexibility index (Phi) is 7.42. The van der Waals surface area contributed by atoms with Crippen molar-refractivity contribution in [1.29, 1.82) is 0 Å². The Morgan fingerprint density at radius 2 is 1.81 bits per heavy atom.